The van der Waals surface area contributed by atoms with Crippen LogP contribution in [0.4, 0.5) is 0 Å². The van der Waals surface area contributed by atoms with E-state index in [0.29, 0.717) is 5.92 Å². The number of amides is 1. The van der Waals surface area contributed by atoms with E-state index in [4.69, 9.17) is 0 Å². The highest BCUT2D eigenvalue weighted by Crippen LogP contribution is 2.13. The Morgan fingerprint density at radius 3 is 2.56 bits per heavy atom. The van der Waals surface area contributed by atoms with Crippen LogP contribution in [0.5, 0.6) is 0 Å². The highest BCUT2D eigenvalue weighted by molar-refractivity contribution is 9.09. The van der Waals surface area contributed by atoms with Crippen molar-refractivity contribution in [2.75, 3.05) is 5.33 Å². The van der Waals surface area contributed by atoms with Gasteiger partial charge in [-0.3, -0.25) is 4.79 Å². The molecule has 0 aliphatic heterocycles. The Kier molecular flexibility index (Phi) is 5.86. The number of alkyl halides is 1. The fourth-order valence-electron chi connectivity index (χ4n) is 1.92. The van der Waals surface area contributed by atoms with E-state index in [9.17, 15) is 4.79 Å². The maximum Gasteiger partial charge on any atom is 0.251 e. The number of rotatable bonds is 5. The van der Waals surface area contributed by atoms with E-state index in [1.54, 1.807) is 0 Å². The Bertz CT molecular complexity index is 415. The topological polar surface area (TPSA) is 29.1 Å². The van der Waals surface area contributed by atoms with Gasteiger partial charge in [0.05, 0.1) is 0 Å². The van der Waals surface area contributed by atoms with Crippen LogP contribution in [-0.4, -0.2) is 17.3 Å². The minimum atomic E-state index is 0.0378. The van der Waals surface area contributed by atoms with E-state index in [-0.39, 0.29) is 11.9 Å². The summed E-state index contributed by atoms with van der Waals surface area (Å²) in [5.74, 6) is 0.479. The zero-order valence-electron chi connectivity index (χ0n) is 11.6. The monoisotopic (exact) mass is 311 g/mol. The van der Waals surface area contributed by atoms with Crippen molar-refractivity contribution in [2.24, 2.45) is 5.92 Å². The fourth-order valence-corrected chi connectivity index (χ4v) is 2.41. The number of nitrogens with one attached hydrogen (secondary N) is 1. The third-order valence-electron chi connectivity index (χ3n) is 3.18. The lowest BCUT2D eigenvalue weighted by atomic mass is 10.00. The quantitative estimate of drug-likeness (QED) is 0.822. The Labute approximate surface area is 118 Å². The molecule has 0 aromatic heterocycles. The van der Waals surface area contributed by atoms with Crippen LogP contribution in [0, 0.1) is 19.8 Å². The Hall–Kier alpha value is -0.830. The van der Waals surface area contributed by atoms with Gasteiger partial charge in [-0.1, -0.05) is 47.5 Å². The molecule has 0 saturated carbocycles. The molecule has 1 rings (SSSR count). The van der Waals surface area contributed by atoms with E-state index in [1.165, 1.54) is 0 Å². The number of benzene rings is 1. The minimum absolute atomic E-state index is 0.0378. The molecule has 0 heterocycles. The third kappa shape index (κ3) is 4.13. The standard InChI is InChI=1S/C15H22BrNO/c1-10(2)14(7-8-16)17-15(18)13-9-11(3)5-6-12(13)4/h5-6,9-10,14H,7-8H2,1-4H3,(H,17,18). The first-order valence-electron chi connectivity index (χ1n) is 6.39. The molecule has 0 spiro atoms. The van der Waals surface area contributed by atoms with Crippen molar-refractivity contribution in [1.82, 2.24) is 5.32 Å². The molecule has 0 aliphatic carbocycles. The van der Waals surface area contributed by atoms with Gasteiger partial charge < -0.3 is 5.32 Å². The molecule has 1 atom stereocenters. The first kappa shape index (κ1) is 15.2. The minimum Gasteiger partial charge on any atom is -0.349 e. The molecule has 1 aromatic carbocycles. The van der Waals surface area contributed by atoms with Gasteiger partial charge in [0, 0.05) is 16.9 Å². The summed E-state index contributed by atoms with van der Waals surface area (Å²) in [6.45, 7) is 8.26. The van der Waals surface area contributed by atoms with Crippen molar-refractivity contribution in [3.63, 3.8) is 0 Å². The largest absolute Gasteiger partial charge is 0.349 e. The normalized spacial score (nSPS) is 12.6. The second kappa shape index (κ2) is 6.93. The average Bonchev–Trinajstić information content (AvgIpc) is 2.31. The maximum atomic E-state index is 12.3. The molecule has 2 nitrogen and oxygen atoms in total. The number of hydrogen-bond acceptors (Lipinski definition) is 1. The number of halogens is 1. The summed E-state index contributed by atoms with van der Waals surface area (Å²) in [4.78, 5) is 12.3. The van der Waals surface area contributed by atoms with E-state index >= 15 is 0 Å². The Morgan fingerprint density at radius 2 is 2.00 bits per heavy atom. The molecule has 1 unspecified atom stereocenters. The van der Waals surface area contributed by atoms with Gasteiger partial charge in [0.1, 0.15) is 0 Å². The SMILES string of the molecule is Cc1ccc(C)c(C(=O)NC(CCBr)C(C)C)c1. The van der Waals surface area contributed by atoms with Crippen LogP contribution >= 0.6 is 15.9 Å². The van der Waals surface area contributed by atoms with Crippen molar-refractivity contribution >= 4 is 21.8 Å². The number of carbonyl (C=O) groups is 1. The van der Waals surface area contributed by atoms with Gasteiger partial charge in [-0.25, -0.2) is 0 Å². The lowest BCUT2D eigenvalue weighted by Crippen LogP contribution is -2.39. The van der Waals surface area contributed by atoms with Gasteiger partial charge in [-0.15, -0.1) is 0 Å². The van der Waals surface area contributed by atoms with Crippen LogP contribution in [0.1, 0.15) is 41.8 Å². The van der Waals surface area contributed by atoms with Crippen LogP contribution in [0.25, 0.3) is 0 Å². The molecule has 1 aromatic rings. The summed E-state index contributed by atoms with van der Waals surface area (Å²) in [6.07, 6.45) is 0.953. The second-order valence-electron chi connectivity index (χ2n) is 5.12. The van der Waals surface area contributed by atoms with Gasteiger partial charge in [-0.05, 0) is 37.8 Å². The smallest absolute Gasteiger partial charge is 0.251 e. The molecule has 3 heteroatoms. The molecule has 1 N–H and O–H groups in total. The molecule has 0 fully saturated rings. The van der Waals surface area contributed by atoms with Crippen molar-refractivity contribution in [3.05, 3.63) is 34.9 Å². The Balaban J connectivity index is 2.83. The molecule has 100 valence electrons. The highest BCUT2D eigenvalue weighted by atomic mass is 79.9. The zero-order chi connectivity index (χ0) is 13.7. The molecule has 0 aliphatic rings. The van der Waals surface area contributed by atoms with E-state index < -0.39 is 0 Å². The molecule has 0 saturated heterocycles. The van der Waals surface area contributed by atoms with Crippen LogP contribution in [0.3, 0.4) is 0 Å². The van der Waals surface area contributed by atoms with Crippen LogP contribution in [-0.2, 0) is 0 Å². The van der Waals surface area contributed by atoms with E-state index in [1.807, 2.05) is 32.0 Å². The van der Waals surface area contributed by atoms with Crippen molar-refractivity contribution in [2.45, 2.75) is 40.2 Å². The number of aryl methyl sites for hydroxylation is 2. The summed E-state index contributed by atoms with van der Waals surface area (Å²) in [6, 6.07) is 6.21. The average molecular weight is 312 g/mol. The van der Waals surface area contributed by atoms with Gasteiger partial charge in [-0.2, -0.15) is 0 Å². The molecule has 0 bridgehead atoms. The predicted octanol–water partition coefficient (Wildman–Crippen LogP) is 3.84. The lowest BCUT2D eigenvalue weighted by Gasteiger charge is -2.22. The zero-order valence-corrected chi connectivity index (χ0v) is 13.2. The van der Waals surface area contributed by atoms with Crippen LogP contribution < -0.4 is 5.32 Å². The van der Waals surface area contributed by atoms with E-state index in [2.05, 4.69) is 35.1 Å². The number of hydrogen-bond donors (Lipinski definition) is 1. The first-order valence-corrected chi connectivity index (χ1v) is 7.52. The summed E-state index contributed by atoms with van der Waals surface area (Å²) < 4.78 is 0. The molecular weight excluding hydrogens is 290 g/mol. The Morgan fingerprint density at radius 1 is 1.33 bits per heavy atom. The van der Waals surface area contributed by atoms with Crippen molar-refractivity contribution in [1.29, 1.82) is 0 Å². The third-order valence-corrected chi connectivity index (χ3v) is 3.64. The molecule has 1 amide bonds. The molecule has 18 heavy (non-hydrogen) atoms. The van der Waals surface area contributed by atoms with Gasteiger partial charge in [0.2, 0.25) is 0 Å². The van der Waals surface area contributed by atoms with Crippen LogP contribution in [0.15, 0.2) is 18.2 Å². The van der Waals surface area contributed by atoms with Crippen LogP contribution in [0.2, 0.25) is 0 Å². The highest BCUT2D eigenvalue weighted by Gasteiger charge is 2.17. The molecular formula is C15H22BrNO. The fraction of sp³-hybridized carbons (Fsp3) is 0.533. The van der Waals surface area contributed by atoms with E-state index in [0.717, 1.165) is 28.4 Å². The van der Waals surface area contributed by atoms with Gasteiger partial charge in [0.25, 0.3) is 5.91 Å². The first-order chi connectivity index (χ1) is 8.45. The predicted molar refractivity (Wildman–Crippen MR) is 80.4 cm³/mol. The summed E-state index contributed by atoms with van der Waals surface area (Å²) in [5, 5.41) is 4.04. The lowest BCUT2D eigenvalue weighted by molar-refractivity contribution is 0.0924. The van der Waals surface area contributed by atoms with Gasteiger partial charge in [0.15, 0.2) is 0 Å². The summed E-state index contributed by atoms with van der Waals surface area (Å²) in [5.41, 5.74) is 2.93. The maximum absolute atomic E-state index is 12.3. The van der Waals surface area contributed by atoms with Crippen molar-refractivity contribution in [3.8, 4) is 0 Å². The summed E-state index contributed by atoms with van der Waals surface area (Å²) >= 11 is 3.44. The second-order valence-corrected chi connectivity index (χ2v) is 5.91. The molecule has 0 radical (unpaired) electrons. The number of carbonyl (C=O) groups excluding carboxylic acids is 1. The summed E-state index contributed by atoms with van der Waals surface area (Å²) in [7, 11) is 0. The van der Waals surface area contributed by atoms with Crippen molar-refractivity contribution < 1.29 is 4.79 Å². The van der Waals surface area contributed by atoms with Gasteiger partial charge >= 0.3 is 0 Å².